The molecule has 3 N–H and O–H groups in total. The van der Waals surface area contributed by atoms with E-state index in [1.54, 1.807) is 12.4 Å². The quantitative estimate of drug-likeness (QED) is 0.897. The molecule has 4 unspecified atom stereocenters. The van der Waals surface area contributed by atoms with Crippen LogP contribution < -0.4 is 11.1 Å². The fourth-order valence-electron chi connectivity index (χ4n) is 4.08. The first kappa shape index (κ1) is 16.9. The molecule has 6 heteroatoms. The monoisotopic (exact) mass is 344 g/mol. The normalized spacial score (nSPS) is 27.5. The number of hydrogen-bond donors (Lipinski definition) is 2. The van der Waals surface area contributed by atoms with Gasteiger partial charge in [0.15, 0.2) is 5.82 Å². The van der Waals surface area contributed by atoms with Crippen molar-refractivity contribution in [3.05, 3.63) is 42.7 Å². The third-order valence-electron chi connectivity index (χ3n) is 5.23. The van der Waals surface area contributed by atoms with Crippen LogP contribution in [-0.2, 0) is 4.79 Å². The maximum Gasteiger partial charge on any atom is 0.229 e. The number of nitrogens with zero attached hydrogens (tertiary/aromatic N) is 2. The van der Waals surface area contributed by atoms with Gasteiger partial charge in [-0.25, -0.2) is 9.97 Å². The molecule has 1 amide bonds. The van der Waals surface area contributed by atoms with Gasteiger partial charge in [0.2, 0.25) is 5.91 Å². The standard InChI is InChI=1S/C18H20N4O.ClH/c19-16-13-7-6-12(8-13)15(16)18(23)22-14-9-20-17(21-10-14)11-4-2-1-3-5-11;/h1-5,9-10,12-13,15-16H,6-8,19H2,(H,22,23);1H. The van der Waals surface area contributed by atoms with E-state index in [9.17, 15) is 4.79 Å². The lowest BCUT2D eigenvalue weighted by atomic mass is 9.84. The zero-order valence-electron chi connectivity index (χ0n) is 13.3. The molecular formula is C18H21ClN4O. The highest BCUT2D eigenvalue weighted by atomic mass is 35.5. The van der Waals surface area contributed by atoms with Crippen molar-refractivity contribution in [1.82, 2.24) is 9.97 Å². The maximum absolute atomic E-state index is 12.5. The Kier molecular flexibility index (Phi) is 4.83. The molecule has 1 aromatic heterocycles. The first-order valence-electron chi connectivity index (χ1n) is 8.16. The zero-order valence-corrected chi connectivity index (χ0v) is 14.1. The summed E-state index contributed by atoms with van der Waals surface area (Å²) in [6.45, 7) is 0. The Bertz CT molecular complexity index is 705. The number of nitrogens with one attached hydrogen (secondary N) is 1. The van der Waals surface area contributed by atoms with Gasteiger partial charge in [-0.3, -0.25) is 4.79 Å². The van der Waals surface area contributed by atoms with Gasteiger partial charge in [0.25, 0.3) is 0 Å². The molecule has 1 aromatic carbocycles. The first-order chi connectivity index (χ1) is 11.2. The van der Waals surface area contributed by atoms with Crippen LogP contribution in [0.3, 0.4) is 0 Å². The van der Waals surface area contributed by atoms with Crippen LogP contribution in [0.4, 0.5) is 5.69 Å². The molecule has 0 spiro atoms. The summed E-state index contributed by atoms with van der Waals surface area (Å²) in [5.41, 5.74) is 7.81. The molecule has 126 valence electrons. The number of amides is 1. The van der Waals surface area contributed by atoms with Crippen molar-refractivity contribution in [3.8, 4) is 11.4 Å². The number of aromatic nitrogens is 2. The second-order valence-electron chi connectivity index (χ2n) is 6.59. The molecule has 2 fully saturated rings. The molecule has 2 aromatic rings. The Morgan fingerprint density at radius 2 is 1.75 bits per heavy atom. The zero-order chi connectivity index (χ0) is 15.8. The van der Waals surface area contributed by atoms with Crippen LogP contribution in [0.1, 0.15) is 19.3 Å². The first-order valence-corrected chi connectivity index (χ1v) is 8.16. The molecule has 4 atom stereocenters. The Labute approximate surface area is 147 Å². The second kappa shape index (κ2) is 6.87. The third kappa shape index (κ3) is 3.01. The number of carbonyl (C=O) groups excluding carboxylic acids is 1. The topological polar surface area (TPSA) is 80.9 Å². The fraction of sp³-hybridized carbons (Fsp3) is 0.389. The van der Waals surface area contributed by atoms with Crippen LogP contribution in [-0.4, -0.2) is 21.9 Å². The van der Waals surface area contributed by atoms with Crippen molar-refractivity contribution in [1.29, 1.82) is 0 Å². The van der Waals surface area contributed by atoms with E-state index >= 15 is 0 Å². The maximum atomic E-state index is 12.5. The summed E-state index contributed by atoms with van der Waals surface area (Å²) in [6, 6.07) is 9.77. The summed E-state index contributed by atoms with van der Waals surface area (Å²) in [5, 5.41) is 2.93. The van der Waals surface area contributed by atoms with Gasteiger partial charge < -0.3 is 11.1 Å². The van der Waals surface area contributed by atoms with Gasteiger partial charge in [0.05, 0.1) is 24.0 Å². The molecule has 2 saturated carbocycles. The smallest absolute Gasteiger partial charge is 0.229 e. The highest BCUT2D eigenvalue weighted by Gasteiger charge is 2.49. The number of fused-ring (bicyclic) bond motifs is 2. The minimum Gasteiger partial charge on any atom is -0.327 e. The van der Waals surface area contributed by atoms with E-state index in [2.05, 4.69) is 15.3 Å². The minimum atomic E-state index is -0.0671. The van der Waals surface area contributed by atoms with Crippen molar-refractivity contribution in [2.45, 2.75) is 25.3 Å². The lowest BCUT2D eigenvalue weighted by molar-refractivity contribution is -0.121. The Balaban J connectivity index is 0.00000169. The van der Waals surface area contributed by atoms with Crippen LogP contribution >= 0.6 is 12.4 Å². The Morgan fingerprint density at radius 3 is 2.38 bits per heavy atom. The van der Waals surface area contributed by atoms with E-state index in [-0.39, 0.29) is 30.3 Å². The molecule has 0 aliphatic heterocycles. The Hall–Kier alpha value is -1.98. The van der Waals surface area contributed by atoms with Crippen molar-refractivity contribution in [2.75, 3.05) is 5.32 Å². The summed E-state index contributed by atoms with van der Waals surface area (Å²) in [7, 11) is 0. The third-order valence-corrected chi connectivity index (χ3v) is 5.23. The van der Waals surface area contributed by atoms with Crippen LogP contribution in [0.25, 0.3) is 11.4 Å². The predicted octanol–water partition coefficient (Wildman–Crippen LogP) is 2.88. The summed E-state index contributed by atoms with van der Waals surface area (Å²) in [6.07, 6.45) is 6.71. The molecule has 5 nitrogen and oxygen atoms in total. The van der Waals surface area contributed by atoms with Gasteiger partial charge in [-0.15, -0.1) is 12.4 Å². The predicted molar refractivity (Wildman–Crippen MR) is 95.6 cm³/mol. The van der Waals surface area contributed by atoms with Crippen molar-refractivity contribution >= 4 is 24.0 Å². The summed E-state index contributed by atoms with van der Waals surface area (Å²) in [5.74, 6) is 1.57. The SMILES string of the molecule is Cl.NC1C2CCC(C2)C1C(=O)Nc1cnc(-c2ccccc2)nc1. The van der Waals surface area contributed by atoms with Crippen LogP contribution in [0.15, 0.2) is 42.7 Å². The molecule has 2 bridgehead atoms. The Morgan fingerprint density at radius 1 is 1.08 bits per heavy atom. The lowest BCUT2D eigenvalue weighted by Crippen LogP contribution is -2.42. The van der Waals surface area contributed by atoms with Crippen LogP contribution in [0, 0.1) is 17.8 Å². The van der Waals surface area contributed by atoms with E-state index in [0.29, 0.717) is 23.3 Å². The van der Waals surface area contributed by atoms with Gasteiger partial charge >= 0.3 is 0 Å². The van der Waals surface area contributed by atoms with E-state index in [1.165, 1.54) is 6.42 Å². The van der Waals surface area contributed by atoms with Crippen molar-refractivity contribution in [3.63, 3.8) is 0 Å². The summed E-state index contributed by atoms with van der Waals surface area (Å²) in [4.78, 5) is 21.2. The van der Waals surface area contributed by atoms with E-state index < -0.39 is 0 Å². The fourth-order valence-corrected chi connectivity index (χ4v) is 4.08. The van der Waals surface area contributed by atoms with E-state index in [0.717, 1.165) is 18.4 Å². The molecule has 4 rings (SSSR count). The number of halogens is 1. The molecular weight excluding hydrogens is 324 g/mol. The molecule has 2 aliphatic rings. The average molecular weight is 345 g/mol. The van der Waals surface area contributed by atoms with Crippen LogP contribution in [0.5, 0.6) is 0 Å². The number of hydrogen-bond acceptors (Lipinski definition) is 4. The number of rotatable bonds is 3. The van der Waals surface area contributed by atoms with Crippen LogP contribution in [0.2, 0.25) is 0 Å². The van der Waals surface area contributed by atoms with Gasteiger partial charge in [0.1, 0.15) is 0 Å². The minimum absolute atomic E-state index is 0. The highest BCUT2D eigenvalue weighted by Crippen LogP contribution is 2.47. The summed E-state index contributed by atoms with van der Waals surface area (Å²) >= 11 is 0. The van der Waals surface area contributed by atoms with Gasteiger partial charge in [0, 0.05) is 11.6 Å². The van der Waals surface area contributed by atoms with Gasteiger partial charge in [-0.05, 0) is 31.1 Å². The van der Waals surface area contributed by atoms with Gasteiger partial charge in [-0.2, -0.15) is 0 Å². The second-order valence-corrected chi connectivity index (χ2v) is 6.59. The lowest BCUT2D eigenvalue weighted by Gasteiger charge is -2.26. The summed E-state index contributed by atoms with van der Waals surface area (Å²) < 4.78 is 0. The number of nitrogens with two attached hydrogens (primary N) is 1. The molecule has 0 saturated heterocycles. The van der Waals surface area contributed by atoms with E-state index in [1.807, 2.05) is 30.3 Å². The number of benzene rings is 1. The molecule has 24 heavy (non-hydrogen) atoms. The van der Waals surface area contributed by atoms with Gasteiger partial charge in [-0.1, -0.05) is 30.3 Å². The largest absolute Gasteiger partial charge is 0.327 e. The molecule has 1 heterocycles. The average Bonchev–Trinajstić information content (AvgIpc) is 3.17. The van der Waals surface area contributed by atoms with E-state index in [4.69, 9.17) is 5.73 Å². The highest BCUT2D eigenvalue weighted by molar-refractivity contribution is 5.93. The van der Waals surface area contributed by atoms with Crippen molar-refractivity contribution < 1.29 is 4.79 Å². The number of carbonyl (C=O) groups is 1. The number of anilines is 1. The van der Waals surface area contributed by atoms with Crippen molar-refractivity contribution in [2.24, 2.45) is 23.5 Å². The molecule has 0 radical (unpaired) electrons. The molecule has 2 aliphatic carbocycles.